The van der Waals surface area contributed by atoms with Crippen molar-refractivity contribution in [2.45, 2.75) is 128 Å². The first kappa shape index (κ1) is 51.1. The van der Waals surface area contributed by atoms with Gasteiger partial charge in [0.05, 0.1) is 12.1 Å². The molecule has 0 aromatic heterocycles. The lowest BCUT2D eigenvalue weighted by molar-refractivity contribution is -0.156. The molecule has 4 atom stereocenters. The van der Waals surface area contributed by atoms with E-state index in [0.717, 1.165) is 0 Å². The SMILES string of the molecule is CC(C)(C)OC(=O)CC[C@H](N)C(N)=O.CC(C)(C)OC(=O)CC[C@H](N)C(N)=O.Cl.Cl.NC(=O)[C@@H]1CCC(=O)N1.O=C1CC[C@@H](C(=O)O)N1. The molecule has 0 saturated carbocycles. The Kier molecular flexibility index (Phi) is 26.0. The number of carboxylic acid groups (broad SMARTS) is 1. The van der Waals surface area contributed by atoms with Gasteiger partial charge >= 0.3 is 17.9 Å². The molecule has 0 aromatic carbocycles. The Morgan fingerprint density at radius 2 is 1.02 bits per heavy atom. The lowest BCUT2D eigenvalue weighted by Crippen LogP contribution is -2.37. The zero-order chi connectivity index (χ0) is 36.4. The Balaban J connectivity index is -0.000000270. The predicted molar refractivity (Wildman–Crippen MR) is 178 cm³/mol. The number of ether oxygens (including phenoxy) is 2. The molecule has 18 nitrogen and oxygen atoms in total. The minimum absolute atomic E-state index is 0. The first-order valence-corrected chi connectivity index (χ1v) is 14.5. The highest BCUT2D eigenvalue weighted by Crippen LogP contribution is 2.10. The van der Waals surface area contributed by atoms with Crippen molar-refractivity contribution in [3.05, 3.63) is 0 Å². The summed E-state index contributed by atoms with van der Waals surface area (Å²) in [6.07, 6.45) is 2.42. The molecule has 2 aliphatic heterocycles. The summed E-state index contributed by atoms with van der Waals surface area (Å²) in [5.74, 6) is -3.58. The molecule has 0 spiro atoms. The smallest absolute Gasteiger partial charge is 0.326 e. The molecule has 2 rings (SSSR count). The van der Waals surface area contributed by atoms with E-state index in [1.807, 2.05) is 0 Å². The van der Waals surface area contributed by atoms with Crippen molar-refractivity contribution in [1.29, 1.82) is 0 Å². The van der Waals surface area contributed by atoms with Crippen LogP contribution < -0.4 is 39.3 Å². The normalized spacial score (nSPS) is 17.5. The Labute approximate surface area is 292 Å². The summed E-state index contributed by atoms with van der Waals surface area (Å²) in [4.78, 5) is 84.7. The van der Waals surface area contributed by atoms with Crippen molar-refractivity contribution >= 4 is 72.3 Å². The molecule has 2 fully saturated rings. The quantitative estimate of drug-likeness (QED) is 0.122. The molecule has 13 N–H and O–H groups in total. The molecule has 2 aliphatic rings. The Hall–Kier alpha value is -3.74. The number of nitrogens with one attached hydrogen (secondary N) is 2. The number of hydrogen-bond donors (Lipinski definition) is 8. The van der Waals surface area contributed by atoms with Gasteiger partial charge in [-0.3, -0.25) is 33.6 Å². The number of carboxylic acids is 1. The van der Waals surface area contributed by atoms with Crippen molar-refractivity contribution in [3.63, 3.8) is 0 Å². The molecule has 20 heteroatoms. The molecular weight excluding hydrogens is 681 g/mol. The third kappa shape index (κ3) is 28.5. The van der Waals surface area contributed by atoms with Gasteiger partial charge in [-0.15, -0.1) is 24.8 Å². The van der Waals surface area contributed by atoms with Gasteiger partial charge in [-0.05, 0) is 67.2 Å². The van der Waals surface area contributed by atoms with E-state index in [1.165, 1.54) is 0 Å². The van der Waals surface area contributed by atoms with Crippen molar-refractivity contribution < 1.29 is 52.9 Å². The lowest BCUT2D eigenvalue weighted by atomic mass is 10.1. The topological polar surface area (TPSA) is 329 Å². The van der Waals surface area contributed by atoms with Gasteiger partial charge in [0.2, 0.25) is 29.5 Å². The molecule has 2 saturated heterocycles. The second kappa shape index (κ2) is 24.4. The molecule has 48 heavy (non-hydrogen) atoms. The number of carbonyl (C=O) groups excluding carboxylic acids is 7. The van der Waals surface area contributed by atoms with Gasteiger partial charge in [0.15, 0.2) is 0 Å². The largest absolute Gasteiger partial charge is 0.480 e. The highest BCUT2D eigenvalue weighted by molar-refractivity contribution is 5.90. The summed E-state index contributed by atoms with van der Waals surface area (Å²) in [7, 11) is 0. The lowest BCUT2D eigenvalue weighted by Gasteiger charge is -2.19. The van der Waals surface area contributed by atoms with E-state index in [0.29, 0.717) is 25.7 Å². The van der Waals surface area contributed by atoms with E-state index in [2.05, 4.69) is 10.6 Å². The van der Waals surface area contributed by atoms with Crippen LogP contribution in [0.25, 0.3) is 0 Å². The van der Waals surface area contributed by atoms with Crippen LogP contribution in [0.4, 0.5) is 0 Å². The zero-order valence-corrected chi connectivity index (χ0v) is 29.8. The Bertz CT molecular complexity index is 1010. The molecule has 280 valence electrons. The van der Waals surface area contributed by atoms with E-state index in [-0.39, 0.29) is 74.3 Å². The van der Waals surface area contributed by atoms with E-state index in [9.17, 15) is 38.4 Å². The third-order valence-electron chi connectivity index (χ3n) is 5.52. The summed E-state index contributed by atoms with van der Waals surface area (Å²) in [5, 5.41) is 13.1. The van der Waals surface area contributed by atoms with E-state index in [4.69, 9.17) is 43.2 Å². The van der Waals surface area contributed by atoms with Crippen LogP contribution in [0.3, 0.4) is 0 Å². The fraction of sp³-hybridized carbons (Fsp3) is 0.714. The van der Waals surface area contributed by atoms with E-state index < -0.39 is 59.1 Å². The monoisotopic (exact) mass is 733 g/mol. The maximum atomic E-state index is 11.2. The molecule has 0 bridgehead atoms. The van der Waals surface area contributed by atoms with E-state index >= 15 is 0 Å². The molecule has 0 unspecified atom stereocenters. The van der Waals surface area contributed by atoms with Crippen LogP contribution in [0.15, 0.2) is 0 Å². The summed E-state index contributed by atoms with van der Waals surface area (Å²) >= 11 is 0. The number of rotatable bonds is 10. The summed E-state index contributed by atoms with van der Waals surface area (Å²) in [6, 6.07) is -2.61. The molecule has 0 aromatic rings. The molecular formula is C28H53Cl2N7O11. The summed E-state index contributed by atoms with van der Waals surface area (Å²) in [6.45, 7) is 10.7. The first-order valence-electron chi connectivity index (χ1n) is 14.5. The number of carbonyl (C=O) groups is 8. The second-order valence-electron chi connectivity index (χ2n) is 12.3. The van der Waals surface area contributed by atoms with Crippen LogP contribution >= 0.6 is 24.8 Å². The maximum Gasteiger partial charge on any atom is 0.326 e. The van der Waals surface area contributed by atoms with Gasteiger partial charge in [0.25, 0.3) is 0 Å². The van der Waals surface area contributed by atoms with Gasteiger partial charge in [-0.2, -0.15) is 0 Å². The van der Waals surface area contributed by atoms with Gasteiger partial charge in [0.1, 0.15) is 23.3 Å². The van der Waals surface area contributed by atoms with Crippen LogP contribution in [-0.4, -0.2) is 87.9 Å². The second-order valence-corrected chi connectivity index (χ2v) is 12.3. The summed E-state index contributed by atoms with van der Waals surface area (Å²) in [5.41, 5.74) is 24.5. The molecule has 0 radical (unpaired) electrons. The number of primary amides is 3. The van der Waals surface area contributed by atoms with Crippen molar-refractivity contribution in [3.8, 4) is 0 Å². The predicted octanol–water partition coefficient (Wildman–Crippen LogP) is -1.21. The number of hydrogen-bond acceptors (Lipinski definition) is 12. The fourth-order valence-corrected chi connectivity index (χ4v) is 3.24. The Morgan fingerprint density at radius 3 is 1.19 bits per heavy atom. The van der Waals surface area contributed by atoms with Crippen molar-refractivity contribution in [2.24, 2.45) is 28.7 Å². The van der Waals surface area contributed by atoms with Crippen LogP contribution in [0.5, 0.6) is 0 Å². The highest BCUT2D eigenvalue weighted by Gasteiger charge is 2.26. The van der Waals surface area contributed by atoms with Crippen LogP contribution in [0.2, 0.25) is 0 Å². The van der Waals surface area contributed by atoms with Gasteiger partial charge in [0, 0.05) is 25.7 Å². The van der Waals surface area contributed by atoms with Crippen LogP contribution in [0.1, 0.15) is 92.9 Å². The van der Waals surface area contributed by atoms with Gasteiger partial charge in [-0.1, -0.05) is 0 Å². The summed E-state index contributed by atoms with van der Waals surface area (Å²) < 4.78 is 10.0. The first-order chi connectivity index (χ1) is 20.8. The Morgan fingerprint density at radius 1 is 0.708 bits per heavy atom. The average Bonchev–Trinajstić information content (AvgIpc) is 3.53. The molecule has 2 heterocycles. The molecule has 5 amide bonds. The number of nitrogens with two attached hydrogens (primary N) is 5. The van der Waals surface area contributed by atoms with E-state index in [1.54, 1.807) is 41.5 Å². The van der Waals surface area contributed by atoms with Gasteiger partial charge < -0.3 is 53.9 Å². The fourth-order valence-electron chi connectivity index (χ4n) is 3.24. The van der Waals surface area contributed by atoms with Crippen molar-refractivity contribution in [1.82, 2.24) is 10.6 Å². The molecule has 0 aliphatic carbocycles. The number of halogens is 2. The van der Waals surface area contributed by atoms with Crippen LogP contribution in [-0.2, 0) is 47.8 Å². The number of esters is 2. The minimum atomic E-state index is -0.944. The van der Waals surface area contributed by atoms with Crippen molar-refractivity contribution in [2.75, 3.05) is 0 Å². The third-order valence-corrected chi connectivity index (χ3v) is 5.52. The number of aliphatic carboxylic acids is 1. The maximum absolute atomic E-state index is 11.2. The minimum Gasteiger partial charge on any atom is -0.480 e. The average molecular weight is 735 g/mol. The van der Waals surface area contributed by atoms with Gasteiger partial charge in [-0.25, -0.2) is 4.79 Å². The standard InChI is InChI=1S/2C9H18N2O3.C5H8N2O2.C5H7NO3.2ClH/c2*1-9(2,3)14-7(12)5-4-6(10)8(11)13;6-5(9)3-1-2-4(8)7-3;7-4-2-1-3(6-4)5(8)9;;/h2*6H,4-5,10H2,1-3H3,(H2,11,13);3H,1-2H2,(H2,6,9)(H,7,8);3H,1-2H2,(H,6,7)(H,8,9);2*1H/t2*6-;2*3-;;/m0000../s1. The van der Waals surface area contributed by atoms with Crippen LogP contribution in [0, 0.1) is 0 Å². The highest BCUT2D eigenvalue weighted by atomic mass is 35.5. The number of amides is 5. The zero-order valence-electron chi connectivity index (χ0n) is 28.2.